The van der Waals surface area contributed by atoms with Crippen molar-refractivity contribution in [1.29, 1.82) is 0 Å². The van der Waals surface area contributed by atoms with Gasteiger partial charge in [0.25, 0.3) is 0 Å². The van der Waals surface area contributed by atoms with E-state index in [2.05, 4.69) is 27.7 Å². The van der Waals surface area contributed by atoms with Gasteiger partial charge < -0.3 is 4.74 Å². The first-order chi connectivity index (χ1) is 5.15. The molecule has 1 saturated heterocycles. The lowest BCUT2D eigenvalue weighted by atomic mass is 9.98. The summed E-state index contributed by atoms with van der Waals surface area (Å²) in [5.74, 6) is 1.55. The average Bonchev–Trinajstić information content (AvgIpc) is 2.65. The zero-order valence-electron chi connectivity index (χ0n) is 8.13. The van der Waals surface area contributed by atoms with Crippen LogP contribution in [0.1, 0.15) is 40.5 Å². The third kappa shape index (κ3) is 2.48. The van der Waals surface area contributed by atoms with E-state index in [0.717, 1.165) is 11.8 Å². The van der Waals surface area contributed by atoms with Gasteiger partial charge in [0.05, 0.1) is 12.2 Å². The van der Waals surface area contributed by atoms with Crippen LogP contribution in [0.4, 0.5) is 0 Å². The van der Waals surface area contributed by atoms with Gasteiger partial charge in [0, 0.05) is 0 Å². The highest BCUT2D eigenvalue weighted by atomic mass is 16.6. The topological polar surface area (TPSA) is 12.5 Å². The van der Waals surface area contributed by atoms with Crippen LogP contribution in [0.2, 0.25) is 0 Å². The van der Waals surface area contributed by atoms with Crippen molar-refractivity contribution in [1.82, 2.24) is 0 Å². The second kappa shape index (κ2) is 3.57. The summed E-state index contributed by atoms with van der Waals surface area (Å²) >= 11 is 0. The average molecular weight is 156 g/mol. The van der Waals surface area contributed by atoms with Crippen LogP contribution < -0.4 is 0 Å². The molecule has 1 aliphatic heterocycles. The third-order valence-corrected chi connectivity index (χ3v) is 2.53. The molecule has 0 bridgehead atoms. The molecule has 0 amide bonds. The van der Waals surface area contributed by atoms with E-state index in [0.29, 0.717) is 12.2 Å². The van der Waals surface area contributed by atoms with E-state index in [1.807, 2.05) is 0 Å². The fraction of sp³-hybridized carbons (Fsp3) is 1.00. The minimum absolute atomic E-state index is 0.586. The molecule has 0 N–H and O–H groups in total. The summed E-state index contributed by atoms with van der Waals surface area (Å²) in [7, 11) is 0. The van der Waals surface area contributed by atoms with Crippen molar-refractivity contribution in [2.45, 2.75) is 52.7 Å². The SMILES string of the molecule is CCC(C)C1OC1CC(C)C. The molecule has 0 radical (unpaired) electrons. The van der Waals surface area contributed by atoms with Crippen LogP contribution in [-0.2, 0) is 4.74 Å². The second-order valence-electron chi connectivity index (χ2n) is 4.15. The van der Waals surface area contributed by atoms with E-state index < -0.39 is 0 Å². The van der Waals surface area contributed by atoms with Crippen LogP contribution in [0, 0.1) is 11.8 Å². The largest absolute Gasteiger partial charge is 0.369 e. The van der Waals surface area contributed by atoms with Gasteiger partial charge in [0.2, 0.25) is 0 Å². The van der Waals surface area contributed by atoms with Gasteiger partial charge in [-0.2, -0.15) is 0 Å². The molecule has 1 aliphatic rings. The summed E-state index contributed by atoms with van der Waals surface area (Å²) in [5.41, 5.74) is 0. The number of rotatable bonds is 4. The predicted molar refractivity (Wildman–Crippen MR) is 47.6 cm³/mol. The quantitative estimate of drug-likeness (QED) is 0.570. The van der Waals surface area contributed by atoms with E-state index in [9.17, 15) is 0 Å². The summed E-state index contributed by atoms with van der Waals surface area (Å²) in [5, 5.41) is 0. The van der Waals surface area contributed by atoms with E-state index in [1.54, 1.807) is 0 Å². The van der Waals surface area contributed by atoms with Crippen LogP contribution in [0.5, 0.6) is 0 Å². The van der Waals surface area contributed by atoms with Crippen molar-refractivity contribution >= 4 is 0 Å². The zero-order valence-corrected chi connectivity index (χ0v) is 8.13. The molecular formula is C10H20O. The molecule has 0 aromatic heterocycles. The van der Waals surface area contributed by atoms with Crippen LogP contribution >= 0.6 is 0 Å². The van der Waals surface area contributed by atoms with Gasteiger partial charge >= 0.3 is 0 Å². The highest BCUT2D eigenvalue weighted by Crippen LogP contribution is 2.35. The highest BCUT2D eigenvalue weighted by molar-refractivity contribution is 4.88. The standard InChI is InChI=1S/C10H20O/c1-5-8(4)10-9(11-10)6-7(2)3/h7-10H,5-6H2,1-4H3. The molecule has 11 heavy (non-hydrogen) atoms. The molecular weight excluding hydrogens is 136 g/mol. The molecule has 1 rings (SSSR count). The summed E-state index contributed by atoms with van der Waals surface area (Å²) in [6, 6.07) is 0. The summed E-state index contributed by atoms with van der Waals surface area (Å²) in [6.45, 7) is 9.04. The molecule has 0 spiro atoms. The van der Waals surface area contributed by atoms with Gasteiger partial charge in [-0.1, -0.05) is 34.1 Å². The second-order valence-corrected chi connectivity index (χ2v) is 4.15. The molecule has 66 valence electrons. The van der Waals surface area contributed by atoms with Crippen molar-refractivity contribution in [3.8, 4) is 0 Å². The number of epoxide rings is 1. The molecule has 1 heteroatoms. The Kier molecular flexibility index (Phi) is 2.94. The molecule has 0 aromatic rings. The fourth-order valence-electron chi connectivity index (χ4n) is 1.54. The molecule has 1 nitrogen and oxygen atoms in total. The third-order valence-electron chi connectivity index (χ3n) is 2.53. The summed E-state index contributed by atoms with van der Waals surface area (Å²) in [6.07, 6.45) is 3.67. The number of ether oxygens (including phenoxy) is 1. The smallest absolute Gasteiger partial charge is 0.0867 e. The van der Waals surface area contributed by atoms with E-state index >= 15 is 0 Å². The van der Waals surface area contributed by atoms with Crippen LogP contribution in [0.3, 0.4) is 0 Å². The molecule has 3 unspecified atom stereocenters. The minimum Gasteiger partial charge on any atom is -0.369 e. The summed E-state index contributed by atoms with van der Waals surface area (Å²) in [4.78, 5) is 0. The van der Waals surface area contributed by atoms with Crippen LogP contribution in [0.15, 0.2) is 0 Å². The van der Waals surface area contributed by atoms with Crippen molar-refractivity contribution in [2.24, 2.45) is 11.8 Å². The van der Waals surface area contributed by atoms with Gasteiger partial charge in [-0.3, -0.25) is 0 Å². The molecule has 1 heterocycles. The van der Waals surface area contributed by atoms with Crippen LogP contribution in [-0.4, -0.2) is 12.2 Å². The van der Waals surface area contributed by atoms with E-state index in [4.69, 9.17) is 4.74 Å². The van der Waals surface area contributed by atoms with E-state index in [-0.39, 0.29) is 0 Å². The zero-order chi connectivity index (χ0) is 8.43. The predicted octanol–water partition coefficient (Wildman–Crippen LogP) is 2.85. The minimum atomic E-state index is 0.586. The Balaban J connectivity index is 2.15. The Hall–Kier alpha value is -0.0400. The number of hydrogen-bond acceptors (Lipinski definition) is 1. The van der Waals surface area contributed by atoms with Gasteiger partial charge in [0.15, 0.2) is 0 Å². The van der Waals surface area contributed by atoms with E-state index in [1.165, 1.54) is 12.8 Å². The Morgan fingerprint density at radius 2 is 1.91 bits per heavy atom. The van der Waals surface area contributed by atoms with Gasteiger partial charge in [0.1, 0.15) is 0 Å². The highest BCUT2D eigenvalue weighted by Gasteiger charge is 2.41. The molecule has 0 aliphatic carbocycles. The van der Waals surface area contributed by atoms with Gasteiger partial charge in [-0.25, -0.2) is 0 Å². The van der Waals surface area contributed by atoms with Gasteiger partial charge in [-0.05, 0) is 18.3 Å². The maximum atomic E-state index is 5.58. The lowest BCUT2D eigenvalue weighted by Gasteiger charge is -2.03. The first-order valence-electron chi connectivity index (χ1n) is 4.80. The molecule has 0 aromatic carbocycles. The Bertz CT molecular complexity index is 120. The van der Waals surface area contributed by atoms with Crippen molar-refractivity contribution in [3.05, 3.63) is 0 Å². The first kappa shape index (κ1) is 9.05. The Labute approximate surface area is 70.1 Å². The van der Waals surface area contributed by atoms with Crippen molar-refractivity contribution in [2.75, 3.05) is 0 Å². The lowest BCUT2D eigenvalue weighted by Crippen LogP contribution is -2.06. The Morgan fingerprint density at radius 3 is 2.36 bits per heavy atom. The summed E-state index contributed by atoms with van der Waals surface area (Å²) < 4.78 is 5.58. The normalized spacial score (nSPS) is 32.5. The Morgan fingerprint density at radius 1 is 1.27 bits per heavy atom. The number of hydrogen-bond donors (Lipinski definition) is 0. The molecule has 1 fully saturated rings. The first-order valence-corrected chi connectivity index (χ1v) is 4.80. The van der Waals surface area contributed by atoms with Gasteiger partial charge in [-0.15, -0.1) is 0 Å². The fourth-order valence-corrected chi connectivity index (χ4v) is 1.54. The monoisotopic (exact) mass is 156 g/mol. The lowest BCUT2D eigenvalue weighted by molar-refractivity contribution is 0.311. The maximum absolute atomic E-state index is 5.58. The molecule has 0 saturated carbocycles. The van der Waals surface area contributed by atoms with Crippen molar-refractivity contribution < 1.29 is 4.74 Å². The van der Waals surface area contributed by atoms with Crippen LogP contribution in [0.25, 0.3) is 0 Å². The maximum Gasteiger partial charge on any atom is 0.0867 e. The van der Waals surface area contributed by atoms with Crippen molar-refractivity contribution in [3.63, 3.8) is 0 Å². The molecule has 3 atom stereocenters.